The summed E-state index contributed by atoms with van der Waals surface area (Å²) >= 11 is 0. The van der Waals surface area contributed by atoms with Crippen LogP contribution in [0.1, 0.15) is 19.3 Å². The number of carbonyl (C=O) groups excluding carboxylic acids is 1. The SMILES string of the molecule is COC(=O)[C@@H](N)CC1CCOCC1.Cl. The van der Waals surface area contributed by atoms with Crippen LogP contribution in [0.3, 0.4) is 0 Å². The van der Waals surface area contributed by atoms with Crippen LogP contribution in [0.15, 0.2) is 0 Å². The zero-order chi connectivity index (χ0) is 9.68. The Kier molecular flexibility index (Phi) is 6.87. The Labute approximate surface area is 90.5 Å². The summed E-state index contributed by atoms with van der Waals surface area (Å²) in [5, 5.41) is 0. The molecule has 14 heavy (non-hydrogen) atoms. The molecule has 2 N–H and O–H groups in total. The minimum Gasteiger partial charge on any atom is -0.468 e. The van der Waals surface area contributed by atoms with Crippen LogP contribution in [-0.4, -0.2) is 32.3 Å². The van der Waals surface area contributed by atoms with Gasteiger partial charge in [0.05, 0.1) is 7.11 Å². The van der Waals surface area contributed by atoms with Crippen LogP contribution in [0.25, 0.3) is 0 Å². The lowest BCUT2D eigenvalue weighted by molar-refractivity contribution is -0.142. The Hall–Kier alpha value is -0.320. The van der Waals surface area contributed by atoms with Gasteiger partial charge in [-0.2, -0.15) is 0 Å². The van der Waals surface area contributed by atoms with Crippen molar-refractivity contribution in [3.63, 3.8) is 0 Å². The summed E-state index contributed by atoms with van der Waals surface area (Å²) < 4.78 is 9.77. The van der Waals surface area contributed by atoms with E-state index in [0.29, 0.717) is 5.92 Å². The van der Waals surface area contributed by atoms with Crippen LogP contribution in [0.4, 0.5) is 0 Å². The number of halogens is 1. The Balaban J connectivity index is 0.00000169. The van der Waals surface area contributed by atoms with Crippen molar-refractivity contribution in [1.29, 1.82) is 0 Å². The monoisotopic (exact) mass is 223 g/mol. The first kappa shape index (κ1) is 13.7. The molecule has 4 nitrogen and oxygen atoms in total. The Bertz CT molecular complexity index is 171. The van der Waals surface area contributed by atoms with Crippen molar-refractivity contribution in [2.75, 3.05) is 20.3 Å². The van der Waals surface area contributed by atoms with Crippen molar-refractivity contribution in [3.05, 3.63) is 0 Å². The Morgan fingerprint density at radius 3 is 2.64 bits per heavy atom. The summed E-state index contributed by atoms with van der Waals surface area (Å²) in [6, 6.07) is -0.465. The van der Waals surface area contributed by atoms with E-state index in [2.05, 4.69) is 4.74 Å². The van der Waals surface area contributed by atoms with Gasteiger partial charge in [0.1, 0.15) is 6.04 Å². The van der Waals surface area contributed by atoms with Gasteiger partial charge in [0.25, 0.3) is 0 Å². The molecule has 1 heterocycles. The van der Waals surface area contributed by atoms with Gasteiger partial charge >= 0.3 is 5.97 Å². The molecule has 1 atom stereocenters. The van der Waals surface area contributed by atoms with Crippen LogP contribution >= 0.6 is 12.4 Å². The van der Waals surface area contributed by atoms with Gasteiger partial charge in [-0.3, -0.25) is 4.79 Å². The molecule has 0 saturated carbocycles. The number of esters is 1. The van der Waals surface area contributed by atoms with E-state index < -0.39 is 6.04 Å². The summed E-state index contributed by atoms with van der Waals surface area (Å²) in [6.07, 6.45) is 2.73. The van der Waals surface area contributed by atoms with Gasteiger partial charge in [-0.25, -0.2) is 0 Å². The average Bonchev–Trinajstić information content (AvgIpc) is 2.18. The van der Waals surface area contributed by atoms with Crippen molar-refractivity contribution in [1.82, 2.24) is 0 Å². The van der Waals surface area contributed by atoms with E-state index in [1.807, 2.05) is 0 Å². The molecule has 0 aromatic rings. The number of nitrogens with two attached hydrogens (primary N) is 1. The van der Waals surface area contributed by atoms with E-state index >= 15 is 0 Å². The van der Waals surface area contributed by atoms with Crippen molar-refractivity contribution in [3.8, 4) is 0 Å². The first-order chi connectivity index (χ1) is 6.24. The summed E-state index contributed by atoms with van der Waals surface area (Å²) in [5.41, 5.74) is 5.64. The fraction of sp³-hybridized carbons (Fsp3) is 0.889. The first-order valence-electron chi connectivity index (χ1n) is 4.65. The molecule has 0 amide bonds. The predicted molar refractivity (Wildman–Crippen MR) is 55.4 cm³/mol. The molecule has 0 bridgehead atoms. The third kappa shape index (κ3) is 4.26. The number of ether oxygens (including phenoxy) is 2. The maximum absolute atomic E-state index is 11.0. The quantitative estimate of drug-likeness (QED) is 0.717. The lowest BCUT2D eigenvalue weighted by atomic mass is 9.93. The van der Waals surface area contributed by atoms with Gasteiger partial charge in [0.2, 0.25) is 0 Å². The summed E-state index contributed by atoms with van der Waals surface area (Å²) in [4.78, 5) is 11.0. The third-order valence-electron chi connectivity index (χ3n) is 2.43. The van der Waals surface area contributed by atoms with E-state index in [9.17, 15) is 4.79 Å². The highest BCUT2D eigenvalue weighted by Crippen LogP contribution is 2.19. The Morgan fingerprint density at radius 1 is 1.57 bits per heavy atom. The molecule has 0 spiro atoms. The third-order valence-corrected chi connectivity index (χ3v) is 2.43. The zero-order valence-electron chi connectivity index (χ0n) is 8.40. The molecule has 1 aliphatic rings. The highest BCUT2D eigenvalue weighted by molar-refractivity contribution is 5.85. The van der Waals surface area contributed by atoms with Gasteiger partial charge in [-0.15, -0.1) is 12.4 Å². The van der Waals surface area contributed by atoms with Crippen LogP contribution < -0.4 is 5.73 Å². The fourth-order valence-corrected chi connectivity index (χ4v) is 1.59. The standard InChI is InChI=1S/C9H17NO3.ClH/c1-12-9(11)8(10)6-7-2-4-13-5-3-7;/h7-8H,2-6,10H2,1H3;1H/t8-;/m0./s1. The van der Waals surface area contributed by atoms with E-state index in [4.69, 9.17) is 10.5 Å². The topological polar surface area (TPSA) is 61.5 Å². The molecule has 0 aromatic heterocycles. The largest absolute Gasteiger partial charge is 0.468 e. The molecule has 1 aliphatic heterocycles. The molecule has 0 unspecified atom stereocenters. The molecule has 0 aliphatic carbocycles. The summed E-state index contributed by atoms with van der Waals surface area (Å²) in [6.45, 7) is 1.58. The predicted octanol–water partition coefficient (Wildman–Crippen LogP) is 0.725. The molecule has 5 heteroatoms. The van der Waals surface area contributed by atoms with Crippen molar-refractivity contribution in [2.45, 2.75) is 25.3 Å². The van der Waals surface area contributed by atoms with E-state index in [1.54, 1.807) is 0 Å². The highest BCUT2D eigenvalue weighted by atomic mass is 35.5. The number of hydrogen-bond acceptors (Lipinski definition) is 4. The second-order valence-corrected chi connectivity index (χ2v) is 3.42. The van der Waals surface area contributed by atoms with Gasteiger partial charge in [-0.1, -0.05) is 0 Å². The van der Waals surface area contributed by atoms with Crippen LogP contribution in [0, 0.1) is 5.92 Å². The number of methoxy groups -OCH3 is 1. The second-order valence-electron chi connectivity index (χ2n) is 3.42. The summed E-state index contributed by atoms with van der Waals surface area (Å²) in [7, 11) is 1.37. The van der Waals surface area contributed by atoms with E-state index in [0.717, 1.165) is 32.5 Å². The maximum Gasteiger partial charge on any atom is 0.322 e. The van der Waals surface area contributed by atoms with Gasteiger partial charge in [0.15, 0.2) is 0 Å². The smallest absolute Gasteiger partial charge is 0.322 e. The first-order valence-corrected chi connectivity index (χ1v) is 4.65. The average molecular weight is 224 g/mol. The number of rotatable bonds is 3. The minimum absolute atomic E-state index is 0. The minimum atomic E-state index is -0.465. The van der Waals surface area contributed by atoms with E-state index in [1.165, 1.54) is 7.11 Å². The van der Waals surface area contributed by atoms with Gasteiger partial charge < -0.3 is 15.2 Å². The molecule has 1 saturated heterocycles. The van der Waals surface area contributed by atoms with E-state index in [-0.39, 0.29) is 18.4 Å². The second kappa shape index (κ2) is 7.04. The number of hydrogen-bond donors (Lipinski definition) is 1. The lowest BCUT2D eigenvalue weighted by Gasteiger charge is -2.23. The summed E-state index contributed by atoms with van der Waals surface area (Å²) in [5.74, 6) is 0.203. The molecular formula is C9H18ClNO3. The van der Waals surface area contributed by atoms with Crippen LogP contribution in [0.5, 0.6) is 0 Å². The maximum atomic E-state index is 11.0. The normalized spacial score (nSPS) is 19.6. The fourth-order valence-electron chi connectivity index (χ4n) is 1.59. The van der Waals surface area contributed by atoms with Crippen LogP contribution in [-0.2, 0) is 14.3 Å². The molecule has 1 rings (SSSR count). The number of carbonyl (C=O) groups is 1. The molecular weight excluding hydrogens is 206 g/mol. The lowest BCUT2D eigenvalue weighted by Crippen LogP contribution is -2.35. The van der Waals surface area contributed by atoms with Crippen molar-refractivity contribution < 1.29 is 14.3 Å². The molecule has 84 valence electrons. The molecule has 1 fully saturated rings. The van der Waals surface area contributed by atoms with Crippen molar-refractivity contribution in [2.24, 2.45) is 11.7 Å². The van der Waals surface area contributed by atoms with Gasteiger partial charge in [0, 0.05) is 13.2 Å². The highest BCUT2D eigenvalue weighted by Gasteiger charge is 2.21. The zero-order valence-corrected chi connectivity index (χ0v) is 9.22. The van der Waals surface area contributed by atoms with Gasteiger partial charge in [-0.05, 0) is 25.2 Å². The Morgan fingerprint density at radius 2 is 2.14 bits per heavy atom. The van der Waals surface area contributed by atoms with Crippen molar-refractivity contribution >= 4 is 18.4 Å². The molecule has 0 aromatic carbocycles. The molecule has 0 radical (unpaired) electrons. The van der Waals surface area contributed by atoms with Crippen LogP contribution in [0.2, 0.25) is 0 Å².